The molecule has 17 heteroatoms. The summed E-state index contributed by atoms with van der Waals surface area (Å²) in [6, 6.07) is 0. The Kier molecular flexibility index (Phi) is 67.6. The Morgan fingerprint density at radius 2 is 0.866 bits per heavy atom. The molecule has 1 amide bonds. The minimum atomic E-state index is -0.918. The Morgan fingerprint density at radius 1 is 0.463 bits per heavy atom. The number of methoxy groups -OCH3 is 2. The molecular formula is C65H124N2O14S. The molecule has 0 aliphatic carbocycles. The van der Waals surface area contributed by atoms with Crippen molar-refractivity contribution < 1.29 is 66.8 Å². The van der Waals surface area contributed by atoms with Gasteiger partial charge in [-0.05, 0) is 72.0 Å². The average molecular weight is 1190 g/mol. The summed E-state index contributed by atoms with van der Waals surface area (Å²) in [6.45, 7) is 20.4. The molecule has 82 heavy (non-hydrogen) atoms. The van der Waals surface area contributed by atoms with Crippen LogP contribution in [0.15, 0.2) is 0 Å². The van der Waals surface area contributed by atoms with E-state index in [4.69, 9.17) is 28.4 Å². The third kappa shape index (κ3) is 59.7. The predicted molar refractivity (Wildman–Crippen MR) is 335 cm³/mol. The molecule has 0 bridgehead atoms. The quantitative estimate of drug-likeness (QED) is 0.0241. The molecule has 0 aromatic heterocycles. The maximum absolute atomic E-state index is 12.8. The summed E-state index contributed by atoms with van der Waals surface area (Å²) in [6.07, 6.45) is 31.5. The van der Waals surface area contributed by atoms with Gasteiger partial charge in [-0.3, -0.25) is 24.0 Å². The second kappa shape index (κ2) is 65.1. The minimum Gasteiger partial charge on any atom is -0.463 e. The predicted octanol–water partition coefficient (Wildman–Crippen LogP) is 14.8. The third-order valence-electron chi connectivity index (χ3n) is 13.6. The molecule has 484 valence electrons. The van der Waals surface area contributed by atoms with Crippen LogP contribution in [0.3, 0.4) is 0 Å². The number of ether oxygens (including phenoxy) is 6. The number of aldehydes is 3. The van der Waals surface area contributed by atoms with E-state index in [1.165, 1.54) is 82.4 Å². The summed E-state index contributed by atoms with van der Waals surface area (Å²) >= 11 is 1.25. The zero-order chi connectivity index (χ0) is 62.4. The van der Waals surface area contributed by atoms with Crippen LogP contribution in [0.4, 0.5) is 4.79 Å². The van der Waals surface area contributed by atoms with Crippen molar-refractivity contribution in [3.8, 4) is 0 Å². The topological polar surface area (TPSA) is 198 Å². The molecule has 0 aromatic carbocycles. The maximum Gasteiger partial charge on any atom is 0.308 e. The smallest absolute Gasteiger partial charge is 0.308 e. The van der Waals surface area contributed by atoms with E-state index in [2.05, 4.69) is 39.5 Å². The molecule has 0 heterocycles. The molecule has 0 spiro atoms. The lowest BCUT2D eigenvalue weighted by Gasteiger charge is -2.23. The highest BCUT2D eigenvalue weighted by molar-refractivity contribution is 8.13. The van der Waals surface area contributed by atoms with E-state index in [1.54, 1.807) is 19.1 Å². The van der Waals surface area contributed by atoms with Gasteiger partial charge in [-0.15, -0.1) is 0 Å². The van der Waals surface area contributed by atoms with Gasteiger partial charge >= 0.3 is 23.9 Å². The Labute approximate surface area is 505 Å². The lowest BCUT2D eigenvalue weighted by atomic mass is 10.0. The second-order valence-corrected chi connectivity index (χ2v) is 23.3. The molecular weight excluding hydrogens is 1060 g/mol. The largest absolute Gasteiger partial charge is 0.463 e. The minimum absolute atomic E-state index is 0.0260. The SMILES string of the molecule is CCCCCCC(C)C(=O)OCC(COC(=O)C(C)CCCCC)OC(=O)CCCN(CCCC=O)C(=O)SCCCN(C)C.CCCCCCC(C)C(=O)OCC(COC)OC.CCCCCCC(C)C=O.CCCCCCCC=O. The van der Waals surface area contributed by atoms with Gasteiger partial charge in [-0.25, -0.2) is 0 Å². The summed E-state index contributed by atoms with van der Waals surface area (Å²) in [5.74, 6) is -0.991. The number of amides is 1. The zero-order valence-corrected chi connectivity index (χ0v) is 55.4. The molecule has 0 fully saturated rings. The van der Waals surface area contributed by atoms with Crippen molar-refractivity contribution in [2.75, 3.05) is 80.1 Å². The standard InChI is InChI=1S/C34H62N2O8S.C14H28O4.C9H18O.C8H16O/c1-7-9-11-13-19-29(4)33(40)43-27-30(26-42-32(39)28(3)18-12-10-8-2)44-31(38)20-16-23-36(22-14-15-24-37)34(41)45-25-17-21-35(5)6;1-5-6-7-8-9-12(2)14(15)18-11-13(17-4)10-16-3;1-3-4-5-6-7-9(2)8-10;1-2-3-4-5-6-7-8-9/h24,28-30H,7-23,25-27H2,1-6H3;12-13H,5-11H2,1-4H3;8-9H,3-7H2,1-2H3;8H,2-7H2,1H3. The number of esters is 4. The molecule has 0 saturated heterocycles. The maximum atomic E-state index is 12.8. The molecule has 0 aromatic rings. The van der Waals surface area contributed by atoms with E-state index in [0.717, 1.165) is 122 Å². The van der Waals surface area contributed by atoms with Crippen LogP contribution in [-0.4, -0.2) is 150 Å². The van der Waals surface area contributed by atoms with Gasteiger partial charge in [-0.2, -0.15) is 0 Å². The number of hydrogen-bond acceptors (Lipinski definition) is 16. The van der Waals surface area contributed by atoms with Crippen LogP contribution in [0.5, 0.6) is 0 Å². The van der Waals surface area contributed by atoms with Crippen molar-refractivity contribution in [3.63, 3.8) is 0 Å². The van der Waals surface area contributed by atoms with Gasteiger partial charge in [0.1, 0.15) is 44.8 Å². The Hall–Kier alpha value is -3.41. The van der Waals surface area contributed by atoms with Gasteiger partial charge in [0.05, 0.1) is 24.4 Å². The van der Waals surface area contributed by atoms with Crippen LogP contribution in [-0.2, 0) is 62.0 Å². The van der Waals surface area contributed by atoms with E-state index in [-0.39, 0.29) is 79.2 Å². The van der Waals surface area contributed by atoms with E-state index in [1.807, 2.05) is 41.8 Å². The van der Waals surface area contributed by atoms with Gasteiger partial charge in [0.15, 0.2) is 6.10 Å². The van der Waals surface area contributed by atoms with Crippen LogP contribution < -0.4 is 0 Å². The van der Waals surface area contributed by atoms with Crippen molar-refractivity contribution >= 4 is 59.7 Å². The van der Waals surface area contributed by atoms with Crippen molar-refractivity contribution in [1.29, 1.82) is 0 Å². The number of carbonyl (C=O) groups is 8. The number of thioether (sulfide) groups is 1. The Morgan fingerprint density at radius 3 is 1.29 bits per heavy atom. The van der Waals surface area contributed by atoms with Gasteiger partial charge in [0, 0.05) is 58.2 Å². The number of nitrogens with zero attached hydrogens (tertiary/aromatic N) is 2. The number of carbonyl (C=O) groups excluding carboxylic acids is 8. The highest BCUT2D eigenvalue weighted by Gasteiger charge is 2.24. The molecule has 0 N–H and O–H groups in total. The van der Waals surface area contributed by atoms with Gasteiger partial charge in [0.25, 0.3) is 5.24 Å². The number of unbranched alkanes of at least 4 members (excludes halogenated alkanes) is 17. The first-order valence-electron chi connectivity index (χ1n) is 32.0. The molecule has 6 unspecified atom stereocenters. The highest BCUT2D eigenvalue weighted by Crippen LogP contribution is 2.17. The zero-order valence-electron chi connectivity index (χ0n) is 54.6. The highest BCUT2D eigenvalue weighted by atomic mass is 32.2. The fraction of sp³-hybridized carbons (Fsp3) is 0.877. The fourth-order valence-corrected chi connectivity index (χ4v) is 8.80. The molecule has 0 rings (SSSR count). The van der Waals surface area contributed by atoms with Crippen molar-refractivity contribution in [2.24, 2.45) is 23.7 Å². The lowest BCUT2D eigenvalue weighted by molar-refractivity contribution is -0.169. The summed E-state index contributed by atoms with van der Waals surface area (Å²) in [5, 5.41) is -0.0680. The third-order valence-corrected chi connectivity index (χ3v) is 14.6. The summed E-state index contributed by atoms with van der Waals surface area (Å²) in [7, 11) is 7.16. The molecule has 0 saturated carbocycles. The van der Waals surface area contributed by atoms with Crippen molar-refractivity contribution in [2.45, 2.75) is 267 Å². The van der Waals surface area contributed by atoms with E-state index < -0.39 is 12.1 Å². The monoisotopic (exact) mass is 1190 g/mol. The number of rotatable bonds is 51. The molecule has 0 aliphatic rings. The van der Waals surface area contributed by atoms with Gasteiger partial charge in [-0.1, -0.05) is 196 Å². The molecule has 0 radical (unpaired) electrons. The van der Waals surface area contributed by atoms with Crippen molar-refractivity contribution in [3.05, 3.63) is 0 Å². The van der Waals surface area contributed by atoms with Crippen molar-refractivity contribution in [1.82, 2.24) is 9.80 Å². The van der Waals surface area contributed by atoms with Crippen LogP contribution >= 0.6 is 11.8 Å². The summed E-state index contributed by atoms with van der Waals surface area (Å²) in [5.41, 5.74) is 0. The van der Waals surface area contributed by atoms with Crippen LogP contribution in [0.25, 0.3) is 0 Å². The first kappa shape index (κ1) is 85.0. The summed E-state index contributed by atoms with van der Waals surface area (Å²) in [4.78, 5) is 97.0. The Balaban J connectivity index is -0.000000659. The van der Waals surface area contributed by atoms with Crippen LogP contribution in [0.1, 0.15) is 255 Å². The second-order valence-electron chi connectivity index (χ2n) is 22.2. The van der Waals surface area contributed by atoms with Crippen LogP contribution in [0.2, 0.25) is 0 Å². The van der Waals surface area contributed by atoms with E-state index in [9.17, 15) is 38.4 Å². The van der Waals surface area contributed by atoms with Crippen LogP contribution in [0, 0.1) is 23.7 Å². The molecule has 0 aliphatic heterocycles. The Bertz CT molecular complexity index is 1510. The van der Waals surface area contributed by atoms with E-state index in [0.29, 0.717) is 44.7 Å². The number of hydrogen-bond donors (Lipinski definition) is 0. The lowest BCUT2D eigenvalue weighted by Crippen LogP contribution is -2.33. The van der Waals surface area contributed by atoms with Gasteiger partial charge < -0.3 is 52.6 Å². The molecule has 16 nitrogen and oxygen atoms in total. The molecule has 6 atom stereocenters. The average Bonchev–Trinajstić information content (AvgIpc) is 3.46. The summed E-state index contributed by atoms with van der Waals surface area (Å²) < 4.78 is 31.9. The van der Waals surface area contributed by atoms with E-state index >= 15 is 0 Å². The first-order chi connectivity index (χ1) is 39.4. The normalized spacial score (nSPS) is 13.0. The first-order valence-corrected chi connectivity index (χ1v) is 33.0. The van der Waals surface area contributed by atoms with Gasteiger partial charge in [0.2, 0.25) is 0 Å². The fourth-order valence-electron chi connectivity index (χ4n) is 7.99.